The molecule has 0 N–H and O–H groups in total. The molecule has 0 saturated heterocycles. The van der Waals surface area contributed by atoms with Crippen LogP contribution < -0.4 is 0 Å². The molecule has 2 aromatic carbocycles. The summed E-state index contributed by atoms with van der Waals surface area (Å²) in [6.07, 6.45) is 0. The van der Waals surface area contributed by atoms with Crippen molar-refractivity contribution in [1.82, 2.24) is 9.88 Å². The molecule has 0 unspecified atom stereocenters. The van der Waals surface area contributed by atoms with Gasteiger partial charge in [0.1, 0.15) is 5.01 Å². The standard InChI is InChI=1S/C18H17ClN2OS2/c1-21(10-17-20-15-8-4-5-9-16(15)24-17)18(22)12-23-11-13-6-2-3-7-14(13)19/h2-9H,10-12H2,1H3. The number of para-hydroxylation sites is 1. The summed E-state index contributed by atoms with van der Waals surface area (Å²) in [6, 6.07) is 15.8. The van der Waals surface area contributed by atoms with Crippen molar-refractivity contribution in [3.8, 4) is 0 Å². The number of halogens is 1. The molecule has 0 saturated carbocycles. The number of hydrogen-bond donors (Lipinski definition) is 0. The zero-order valence-electron chi connectivity index (χ0n) is 13.2. The molecule has 0 aliphatic carbocycles. The molecule has 124 valence electrons. The van der Waals surface area contributed by atoms with E-state index in [-0.39, 0.29) is 5.91 Å². The van der Waals surface area contributed by atoms with Crippen LogP contribution in [-0.4, -0.2) is 28.6 Å². The second-order valence-electron chi connectivity index (χ2n) is 5.41. The van der Waals surface area contributed by atoms with E-state index in [1.807, 2.05) is 49.5 Å². The van der Waals surface area contributed by atoms with Gasteiger partial charge in [0.2, 0.25) is 5.91 Å². The maximum atomic E-state index is 12.3. The van der Waals surface area contributed by atoms with Crippen molar-refractivity contribution in [1.29, 1.82) is 0 Å². The molecular formula is C18H17ClN2OS2. The van der Waals surface area contributed by atoms with Gasteiger partial charge in [0.25, 0.3) is 0 Å². The van der Waals surface area contributed by atoms with Gasteiger partial charge in [-0.1, -0.05) is 41.9 Å². The van der Waals surface area contributed by atoms with Crippen LogP contribution in [0.5, 0.6) is 0 Å². The van der Waals surface area contributed by atoms with Gasteiger partial charge in [0, 0.05) is 17.8 Å². The summed E-state index contributed by atoms with van der Waals surface area (Å²) >= 11 is 9.35. The average Bonchev–Trinajstić information content (AvgIpc) is 2.98. The number of carbonyl (C=O) groups excluding carboxylic acids is 1. The minimum absolute atomic E-state index is 0.103. The molecule has 3 nitrogen and oxygen atoms in total. The lowest BCUT2D eigenvalue weighted by Crippen LogP contribution is -2.27. The fourth-order valence-electron chi connectivity index (χ4n) is 2.25. The van der Waals surface area contributed by atoms with Crippen LogP contribution >= 0.6 is 34.7 Å². The zero-order valence-corrected chi connectivity index (χ0v) is 15.6. The van der Waals surface area contributed by atoms with Crippen molar-refractivity contribution < 1.29 is 4.79 Å². The van der Waals surface area contributed by atoms with Gasteiger partial charge in [-0.25, -0.2) is 4.98 Å². The highest BCUT2D eigenvalue weighted by Crippen LogP contribution is 2.23. The van der Waals surface area contributed by atoms with Gasteiger partial charge in [-0.15, -0.1) is 23.1 Å². The molecule has 1 aromatic heterocycles. The van der Waals surface area contributed by atoms with Crippen molar-refractivity contribution >= 4 is 50.8 Å². The number of benzene rings is 2. The van der Waals surface area contributed by atoms with E-state index in [0.29, 0.717) is 12.3 Å². The second-order valence-corrected chi connectivity index (χ2v) is 7.92. The summed E-state index contributed by atoms with van der Waals surface area (Å²) in [7, 11) is 1.82. The van der Waals surface area contributed by atoms with Crippen LogP contribution in [0.25, 0.3) is 10.2 Å². The van der Waals surface area contributed by atoms with Crippen molar-refractivity contribution in [3.05, 3.63) is 64.1 Å². The molecular weight excluding hydrogens is 360 g/mol. The Balaban J connectivity index is 1.52. The van der Waals surface area contributed by atoms with Crippen LogP contribution in [0.1, 0.15) is 10.6 Å². The van der Waals surface area contributed by atoms with Gasteiger partial charge in [0.05, 0.1) is 22.5 Å². The van der Waals surface area contributed by atoms with Gasteiger partial charge < -0.3 is 4.90 Å². The molecule has 0 fully saturated rings. The number of carbonyl (C=O) groups is 1. The van der Waals surface area contributed by atoms with E-state index < -0.39 is 0 Å². The van der Waals surface area contributed by atoms with E-state index in [1.54, 1.807) is 28.0 Å². The molecule has 3 rings (SSSR count). The molecule has 24 heavy (non-hydrogen) atoms. The Morgan fingerprint density at radius 2 is 1.96 bits per heavy atom. The van der Waals surface area contributed by atoms with Gasteiger partial charge in [-0.05, 0) is 23.8 Å². The third-order valence-electron chi connectivity index (χ3n) is 3.58. The van der Waals surface area contributed by atoms with Gasteiger partial charge in [-0.3, -0.25) is 4.79 Å². The SMILES string of the molecule is CN(Cc1nc2ccccc2s1)C(=O)CSCc1ccccc1Cl. The van der Waals surface area contributed by atoms with Crippen molar-refractivity contribution in [2.45, 2.75) is 12.3 Å². The number of aromatic nitrogens is 1. The minimum atomic E-state index is 0.103. The first kappa shape index (κ1) is 17.3. The molecule has 0 radical (unpaired) electrons. The van der Waals surface area contributed by atoms with E-state index in [0.717, 1.165) is 31.6 Å². The van der Waals surface area contributed by atoms with Crippen LogP contribution in [0.15, 0.2) is 48.5 Å². The van der Waals surface area contributed by atoms with Gasteiger partial charge >= 0.3 is 0 Å². The Labute approximate surface area is 154 Å². The number of nitrogens with zero attached hydrogens (tertiary/aromatic N) is 2. The van der Waals surface area contributed by atoms with E-state index in [4.69, 9.17) is 11.6 Å². The molecule has 1 heterocycles. The number of fused-ring (bicyclic) bond motifs is 1. The van der Waals surface area contributed by atoms with Gasteiger partial charge in [-0.2, -0.15) is 0 Å². The first-order valence-corrected chi connectivity index (χ1v) is 9.88. The third-order valence-corrected chi connectivity index (χ3v) is 5.93. The number of hydrogen-bond acceptors (Lipinski definition) is 4. The number of rotatable bonds is 6. The summed E-state index contributed by atoms with van der Waals surface area (Å²) in [4.78, 5) is 18.6. The van der Waals surface area contributed by atoms with E-state index in [1.165, 1.54) is 0 Å². The highest BCUT2D eigenvalue weighted by Gasteiger charge is 2.12. The normalized spacial score (nSPS) is 10.9. The molecule has 0 spiro atoms. The predicted molar refractivity (Wildman–Crippen MR) is 104 cm³/mol. The maximum Gasteiger partial charge on any atom is 0.232 e. The quantitative estimate of drug-likeness (QED) is 0.617. The van der Waals surface area contributed by atoms with Crippen LogP contribution in [0.2, 0.25) is 5.02 Å². The number of thiazole rings is 1. The van der Waals surface area contributed by atoms with Crippen molar-refractivity contribution in [2.75, 3.05) is 12.8 Å². The lowest BCUT2D eigenvalue weighted by atomic mass is 10.2. The van der Waals surface area contributed by atoms with E-state index >= 15 is 0 Å². The van der Waals surface area contributed by atoms with Crippen LogP contribution in [0.3, 0.4) is 0 Å². The second kappa shape index (κ2) is 8.01. The first-order valence-electron chi connectivity index (χ1n) is 7.53. The first-order chi connectivity index (χ1) is 11.6. The Kier molecular flexibility index (Phi) is 5.76. The minimum Gasteiger partial charge on any atom is -0.338 e. The van der Waals surface area contributed by atoms with Crippen molar-refractivity contribution in [3.63, 3.8) is 0 Å². The van der Waals surface area contributed by atoms with Crippen LogP contribution in [0.4, 0.5) is 0 Å². The zero-order chi connectivity index (χ0) is 16.9. The maximum absolute atomic E-state index is 12.3. The number of thioether (sulfide) groups is 1. The highest BCUT2D eigenvalue weighted by molar-refractivity contribution is 7.99. The smallest absolute Gasteiger partial charge is 0.232 e. The molecule has 0 aliphatic heterocycles. The molecule has 0 aliphatic rings. The molecule has 6 heteroatoms. The Morgan fingerprint density at radius 3 is 2.75 bits per heavy atom. The monoisotopic (exact) mass is 376 g/mol. The van der Waals surface area contributed by atoms with Crippen LogP contribution in [0, 0.1) is 0 Å². The Morgan fingerprint density at radius 1 is 1.21 bits per heavy atom. The van der Waals surface area contributed by atoms with E-state index in [9.17, 15) is 4.79 Å². The average molecular weight is 377 g/mol. The summed E-state index contributed by atoms with van der Waals surface area (Å²) in [5.74, 6) is 1.28. The lowest BCUT2D eigenvalue weighted by molar-refractivity contribution is -0.127. The lowest BCUT2D eigenvalue weighted by Gasteiger charge is -2.15. The largest absolute Gasteiger partial charge is 0.338 e. The molecule has 3 aromatic rings. The molecule has 1 amide bonds. The number of amides is 1. The third kappa shape index (κ3) is 4.29. The van der Waals surface area contributed by atoms with E-state index in [2.05, 4.69) is 11.1 Å². The topological polar surface area (TPSA) is 33.2 Å². The molecule has 0 atom stereocenters. The fraction of sp³-hybridized carbons (Fsp3) is 0.222. The van der Waals surface area contributed by atoms with Crippen LogP contribution in [-0.2, 0) is 17.1 Å². The van der Waals surface area contributed by atoms with Crippen molar-refractivity contribution in [2.24, 2.45) is 0 Å². The fourth-order valence-corrected chi connectivity index (χ4v) is 4.52. The Bertz CT molecular complexity index is 817. The highest BCUT2D eigenvalue weighted by atomic mass is 35.5. The summed E-state index contributed by atoms with van der Waals surface area (Å²) < 4.78 is 1.15. The summed E-state index contributed by atoms with van der Waals surface area (Å²) in [6.45, 7) is 0.546. The van der Waals surface area contributed by atoms with Gasteiger partial charge in [0.15, 0.2) is 0 Å². The molecule has 0 bridgehead atoms. The summed E-state index contributed by atoms with van der Waals surface area (Å²) in [5, 5.41) is 1.71. The Hall–Kier alpha value is -1.56. The summed E-state index contributed by atoms with van der Waals surface area (Å²) in [5.41, 5.74) is 2.05. The predicted octanol–water partition coefficient (Wildman–Crippen LogP) is 4.84.